The van der Waals surface area contributed by atoms with E-state index in [2.05, 4.69) is 53.1 Å². The van der Waals surface area contributed by atoms with Crippen LogP contribution in [0, 0.1) is 0 Å². The Kier molecular flexibility index (Phi) is 7.05. The summed E-state index contributed by atoms with van der Waals surface area (Å²) in [4.78, 5) is 26.3. The van der Waals surface area contributed by atoms with Crippen LogP contribution in [0.25, 0.3) is 6.08 Å². The number of carbonyl (C=O) groups is 2. The average molecular weight is 642 g/mol. The number of nitrogens with one attached hydrogen (secondary N) is 1. The van der Waals surface area contributed by atoms with Gasteiger partial charge in [-0.05, 0) is 91.5 Å². The molecule has 0 unspecified atom stereocenters. The molecule has 162 valence electrons. The lowest BCUT2D eigenvalue weighted by atomic mass is 10.1. The van der Waals surface area contributed by atoms with Gasteiger partial charge >= 0.3 is 6.03 Å². The molecule has 3 aromatic rings. The van der Waals surface area contributed by atoms with Crippen molar-refractivity contribution in [3.05, 3.63) is 95.9 Å². The molecule has 32 heavy (non-hydrogen) atoms. The lowest BCUT2D eigenvalue weighted by Crippen LogP contribution is -2.30. The van der Waals surface area contributed by atoms with E-state index in [-0.39, 0.29) is 5.70 Å². The van der Waals surface area contributed by atoms with Gasteiger partial charge in [0.25, 0.3) is 5.91 Å². The van der Waals surface area contributed by atoms with Crippen LogP contribution in [0.1, 0.15) is 11.1 Å². The summed E-state index contributed by atoms with van der Waals surface area (Å²) in [6.45, 7) is 0.397. The first kappa shape index (κ1) is 23.0. The molecule has 0 bridgehead atoms. The number of urea groups is 1. The summed E-state index contributed by atoms with van der Waals surface area (Å²) in [6.07, 6.45) is 1.61. The molecular formula is C23H14Br3ClN2O3. The van der Waals surface area contributed by atoms with E-state index in [0.717, 1.165) is 14.9 Å². The van der Waals surface area contributed by atoms with Gasteiger partial charge in [0.05, 0.1) is 14.6 Å². The van der Waals surface area contributed by atoms with Gasteiger partial charge in [0.15, 0.2) is 0 Å². The van der Waals surface area contributed by atoms with E-state index in [1.165, 1.54) is 0 Å². The smallest absolute Gasteiger partial charge is 0.333 e. The Morgan fingerprint density at radius 3 is 2.31 bits per heavy atom. The monoisotopic (exact) mass is 638 g/mol. The molecule has 4 rings (SSSR count). The van der Waals surface area contributed by atoms with E-state index >= 15 is 0 Å². The van der Waals surface area contributed by atoms with Gasteiger partial charge in [0.1, 0.15) is 18.1 Å². The maximum atomic E-state index is 12.8. The number of ether oxygens (including phenoxy) is 1. The zero-order valence-corrected chi connectivity index (χ0v) is 21.8. The molecule has 9 heteroatoms. The summed E-state index contributed by atoms with van der Waals surface area (Å²) in [7, 11) is 0. The third kappa shape index (κ3) is 5.09. The third-order valence-corrected chi connectivity index (χ3v) is 6.51. The van der Waals surface area contributed by atoms with Crippen molar-refractivity contribution in [1.82, 2.24) is 5.32 Å². The molecule has 0 radical (unpaired) electrons. The average Bonchev–Trinajstić information content (AvgIpc) is 3.01. The standard InChI is InChI=1S/C23H14Br3ClN2O3/c24-15-6-4-13(5-7-15)12-32-21-18(25)8-14(9-19(21)26)10-20-22(30)29(23(31)28-20)17-3-1-2-16(27)11-17/h1-11H,12H2,(H,28,31)/b20-10+. The number of hydrogen-bond acceptors (Lipinski definition) is 3. The van der Waals surface area contributed by atoms with Gasteiger partial charge in [-0.15, -0.1) is 0 Å². The van der Waals surface area contributed by atoms with Gasteiger partial charge in [-0.1, -0.05) is 45.7 Å². The highest BCUT2D eigenvalue weighted by Gasteiger charge is 2.35. The van der Waals surface area contributed by atoms with Gasteiger partial charge in [0, 0.05) is 9.50 Å². The predicted molar refractivity (Wildman–Crippen MR) is 136 cm³/mol. The van der Waals surface area contributed by atoms with Crippen molar-refractivity contribution >= 4 is 83.1 Å². The topological polar surface area (TPSA) is 58.6 Å². The van der Waals surface area contributed by atoms with Crippen molar-refractivity contribution in [2.75, 3.05) is 4.90 Å². The zero-order chi connectivity index (χ0) is 22.8. The van der Waals surface area contributed by atoms with Crippen LogP contribution >= 0.6 is 59.4 Å². The van der Waals surface area contributed by atoms with Crippen molar-refractivity contribution in [2.24, 2.45) is 0 Å². The molecule has 1 fully saturated rings. The Bertz CT molecular complexity index is 1220. The van der Waals surface area contributed by atoms with E-state index in [9.17, 15) is 9.59 Å². The number of anilines is 1. The maximum Gasteiger partial charge on any atom is 0.333 e. The molecule has 3 aromatic carbocycles. The Morgan fingerprint density at radius 2 is 1.66 bits per heavy atom. The first-order valence-electron chi connectivity index (χ1n) is 9.31. The van der Waals surface area contributed by atoms with Gasteiger partial charge in [0.2, 0.25) is 0 Å². The molecule has 3 amide bonds. The van der Waals surface area contributed by atoms with Gasteiger partial charge in [-0.25, -0.2) is 9.69 Å². The second kappa shape index (κ2) is 9.79. The Balaban J connectivity index is 1.54. The number of halogens is 4. The third-order valence-electron chi connectivity index (χ3n) is 4.57. The van der Waals surface area contributed by atoms with Crippen LogP contribution in [0.2, 0.25) is 5.02 Å². The highest BCUT2D eigenvalue weighted by atomic mass is 79.9. The van der Waals surface area contributed by atoms with Gasteiger partial charge in [-0.2, -0.15) is 0 Å². The predicted octanol–water partition coefficient (Wildman–Crippen LogP) is 7.30. The molecule has 1 N–H and O–H groups in total. The van der Waals surface area contributed by atoms with E-state index < -0.39 is 11.9 Å². The molecule has 1 aliphatic heterocycles. The van der Waals surface area contributed by atoms with Crippen molar-refractivity contribution in [3.8, 4) is 5.75 Å². The number of amides is 3. The summed E-state index contributed by atoms with van der Waals surface area (Å²) in [5.74, 6) is 0.178. The molecule has 0 atom stereocenters. The number of imide groups is 1. The van der Waals surface area contributed by atoms with Crippen molar-refractivity contribution < 1.29 is 14.3 Å². The van der Waals surface area contributed by atoms with E-state index in [1.54, 1.807) is 30.3 Å². The second-order valence-electron chi connectivity index (χ2n) is 6.84. The lowest BCUT2D eigenvalue weighted by molar-refractivity contribution is -0.113. The lowest BCUT2D eigenvalue weighted by Gasteiger charge is -2.12. The van der Waals surface area contributed by atoms with E-state index in [1.807, 2.05) is 36.4 Å². The van der Waals surface area contributed by atoms with Gasteiger partial charge in [-0.3, -0.25) is 4.79 Å². The summed E-state index contributed by atoms with van der Waals surface area (Å²) in [6, 6.07) is 17.5. The van der Waals surface area contributed by atoms with E-state index in [0.29, 0.717) is 37.6 Å². The minimum atomic E-state index is -0.531. The largest absolute Gasteiger partial charge is 0.487 e. The van der Waals surface area contributed by atoms with Crippen LogP contribution in [0.4, 0.5) is 10.5 Å². The first-order valence-corrected chi connectivity index (χ1v) is 12.1. The minimum absolute atomic E-state index is 0.164. The second-order valence-corrected chi connectivity index (χ2v) is 9.90. The van der Waals surface area contributed by atoms with Crippen LogP contribution in [0.15, 0.2) is 79.8 Å². The molecule has 1 heterocycles. The van der Waals surface area contributed by atoms with Crippen molar-refractivity contribution in [1.29, 1.82) is 0 Å². The van der Waals surface area contributed by atoms with Crippen LogP contribution in [-0.4, -0.2) is 11.9 Å². The number of rotatable bonds is 5. The molecule has 1 aliphatic rings. The fraction of sp³-hybridized carbons (Fsp3) is 0.0435. The molecule has 0 spiro atoms. The summed E-state index contributed by atoms with van der Waals surface area (Å²) in [5.41, 5.74) is 2.30. The Hall–Kier alpha value is -2.13. The van der Waals surface area contributed by atoms with Crippen molar-refractivity contribution in [2.45, 2.75) is 6.61 Å². The Labute approximate surface area is 214 Å². The quantitative estimate of drug-likeness (QED) is 0.235. The number of benzene rings is 3. The normalized spacial score (nSPS) is 14.8. The number of nitrogens with zero attached hydrogens (tertiary/aromatic N) is 1. The maximum absolute atomic E-state index is 12.8. The molecule has 0 aromatic heterocycles. The number of carbonyl (C=O) groups excluding carboxylic acids is 2. The molecule has 0 saturated carbocycles. The summed E-state index contributed by atoms with van der Waals surface area (Å²) < 4.78 is 8.37. The van der Waals surface area contributed by atoms with Crippen molar-refractivity contribution in [3.63, 3.8) is 0 Å². The zero-order valence-electron chi connectivity index (χ0n) is 16.2. The van der Waals surface area contributed by atoms with E-state index in [4.69, 9.17) is 16.3 Å². The summed E-state index contributed by atoms with van der Waals surface area (Å²) >= 11 is 16.5. The molecule has 0 aliphatic carbocycles. The van der Waals surface area contributed by atoms with Crippen LogP contribution in [0.5, 0.6) is 5.75 Å². The fourth-order valence-electron chi connectivity index (χ4n) is 3.09. The molecular weight excluding hydrogens is 627 g/mol. The highest BCUT2D eigenvalue weighted by Crippen LogP contribution is 2.36. The summed E-state index contributed by atoms with van der Waals surface area (Å²) in [5, 5.41) is 3.05. The van der Waals surface area contributed by atoms with Crippen LogP contribution in [0.3, 0.4) is 0 Å². The molecule has 1 saturated heterocycles. The number of hydrogen-bond donors (Lipinski definition) is 1. The Morgan fingerprint density at radius 1 is 0.969 bits per heavy atom. The SMILES string of the molecule is O=C1N/C(=C/c2cc(Br)c(OCc3ccc(Br)cc3)c(Br)c2)C(=O)N1c1cccc(Cl)c1. The van der Waals surface area contributed by atoms with Crippen LogP contribution in [-0.2, 0) is 11.4 Å². The minimum Gasteiger partial charge on any atom is -0.487 e. The first-order chi connectivity index (χ1) is 15.3. The molecule has 5 nitrogen and oxygen atoms in total. The van der Waals surface area contributed by atoms with Crippen LogP contribution < -0.4 is 15.0 Å². The highest BCUT2D eigenvalue weighted by molar-refractivity contribution is 9.11. The fourth-order valence-corrected chi connectivity index (χ4v) is 4.99. The van der Waals surface area contributed by atoms with Gasteiger partial charge < -0.3 is 10.1 Å².